The van der Waals surface area contributed by atoms with Gasteiger partial charge in [0.25, 0.3) is 0 Å². The summed E-state index contributed by atoms with van der Waals surface area (Å²) in [6, 6.07) is 6.47. The average molecular weight is 326 g/mol. The van der Waals surface area contributed by atoms with Crippen LogP contribution < -0.4 is 0 Å². The Morgan fingerprint density at radius 1 is 1.42 bits per heavy atom. The van der Waals surface area contributed by atoms with Gasteiger partial charge in [-0.2, -0.15) is 0 Å². The van der Waals surface area contributed by atoms with E-state index in [1.165, 1.54) is 30.1 Å². The van der Waals surface area contributed by atoms with Crippen molar-refractivity contribution in [2.45, 2.75) is 38.1 Å². The molecule has 1 fully saturated rings. The Kier molecular flexibility index (Phi) is 3.68. The molecule has 0 spiro atoms. The van der Waals surface area contributed by atoms with Gasteiger partial charge in [-0.15, -0.1) is 0 Å². The van der Waals surface area contributed by atoms with Gasteiger partial charge < -0.3 is 4.74 Å². The van der Waals surface area contributed by atoms with Crippen LogP contribution in [0.2, 0.25) is 0 Å². The highest BCUT2D eigenvalue weighted by atomic mass is 16.5. The summed E-state index contributed by atoms with van der Waals surface area (Å²) in [5.41, 5.74) is 3.53. The molecule has 2 heterocycles. The van der Waals surface area contributed by atoms with E-state index in [2.05, 4.69) is 17.9 Å². The van der Waals surface area contributed by atoms with Gasteiger partial charge in [-0.25, -0.2) is 9.36 Å². The minimum Gasteiger partial charge on any atom is -0.452 e. The minimum absolute atomic E-state index is 0.411. The molecule has 2 atom stereocenters. The highest BCUT2D eigenvalue weighted by molar-refractivity contribution is 6.02. The number of ether oxygens (including phenoxy) is 1. The zero-order valence-electron chi connectivity index (χ0n) is 14.1. The van der Waals surface area contributed by atoms with Crippen molar-refractivity contribution in [3.05, 3.63) is 35.0 Å². The molecule has 0 unspecified atom stereocenters. The largest absolute Gasteiger partial charge is 0.452 e. The number of fused-ring (bicyclic) bond motifs is 2. The Bertz CT molecular complexity index is 824. The van der Waals surface area contributed by atoms with Crippen LogP contribution in [0.4, 0.5) is 4.79 Å². The molecule has 0 N–H and O–H groups in total. The molecule has 5 nitrogen and oxygen atoms in total. The lowest BCUT2D eigenvalue weighted by molar-refractivity contribution is 0.110. The van der Waals surface area contributed by atoms with Crippen LogP contribution in [0.3, 0.4) is 0 Å². The quantitative estimate of drug-likeness (QED) is 0.795. The van der Waals surface area contributed by atoms with Gasteiger partial charge in [-0.05, 0) is 49.5 Å². The van der Waals surface area contributed by atoms with Crippen molar-refractivity contribution in [2.75, 3.05) is 20.2 Å². The first-order chi connectivity index (χ1) is 11.7. The molecule has 2 aliphatic rings. The van der Waals surface area contributed by atoms with E-state index in [0.717, 1.165) is 42.3 Å². The maximum absolute atomic E-state index is 12.3. The summed E-state index contributed by atoms with van der Waals surface area (Å²) in [7, 11) is 1.35. The number of nitrogens with zero attached hydrogens (tertiary/aromatic N) is 2. The normalized spacial score (nSPS) is 23.1. The zero-order valence-corrected chi connectivity index (χ0v) is 14.1. The number of likely N-dealkylation sites (N-methyl/N-ethyl adjacent to an activating group) is 1. The number of methoxy groups -OCH3 is 1. The monoisotopic (exact) mass is 326 g/mol. The molecule has 1 aromatic carbocycles. The molecule has 2 aromatic rings. The molecular formula is C19H22N2O3. The lowest BCUT2D eigenvalue weighted by Gasteiger charge is -2.43. The van der Waals surface area contributed by atoms with Gasteiger partial charge in [0.15, 0.2) is 6.29 Å². The van der Waals surface area contributed by atoms with Crippen LogP contribution in [-0.2, 0) is 11.2 Å². The van der Waals surface area contributed by atoms with Crippen molar-refractivity contribution in [1.29, 1.82) is 0 Å². The van der Waals surface area contributed by atoms with Gasteiger partial charge in [-0.1, -0.05) is 19.1 Å². The Morgan fingerprint density at radius 2 is 2.25 bits per heavy atom. The van der Waals surface area contributed by atoms with Crippen molar-refractivity contribution < 1.29 is 14.3 Å². The standard InChI is InChI=1S/C19H22N2O3/c1-3-20-9-5-7-12-13-6-4-8-15-18(13)14(10-16(12)20)17(11-22)21(15)19(23)24-2/h4,6,8,11-12,16H,3,5,7,9-10H2,1-2H3/t12-,16-/m1/s1. The number of hydrogen-bond acceptors (Lipinski definition) is 4. The average Bonchev–Trinajstić information content (AvgIpc) is 2.95. The first-order valence-corrected chi connectivity index (χ1v) is 8.65. The molecule has 0 saturated carbocycles. The minimum atomic E-state index is -0.497. The number of carbonyl (C=O) groups is 2. The van der Waals surface area contributed by atoms with E-state index < -0.39 is 6.09 Å². The molecule has 4 rings (SSSR count). The van der Waals surface area contributed by atoms with E-state index in [4.69, 9.17) is 4.74 Å². The molecule has 0 radical (unpaired) electrons. The Balaban J connectivity index is 1.99. The SMILES string of the molecule is CCN1CCC[C@@H]2c3cccc4c3c(c(C=O)n4C(=O)OC)C[C@H]21. The molecule has 1 saturated heterocycles. The predicted molar refractivity (Wildman–Crippen MR) is 91.8 cm³/mol. The Morgan fingerprint density at radius 3 is 2.96 bits per heavy atom. The summed E-state index contributed by atoms with van der Waals surface area (Å²) in [6.45, 7) is 4.32. The second kappa shape index (κ2) is 5.74. The van der Waals surface area contributed by atoms with Crippen molar-refractivity contribution in [1.82, 2.24) is 9.47 Å². The third kappa shape index (κ3) is 1.97. The topological polar surface area (TPSA) is 51.5 Å². The van der Waals surface area contributed by atoms with Crippen molar-refractivity contribution in [2.24, 2.45) is 0 Å². The Labute approximate surface area is 141 Å². The van der Waals surface area contributed by atoms with Crippen LogP contribution in [0.15, 0.2) is 18.2 Å². The van der Waals surface area contributed by atoms with Crippen LogP contribution in [0, 0.1) is 0 Å². The van der Waals surface area contributed by atoms with E-state index in [1.54, 1.807) is 0 Å². The molecular weight excluding hydrogens is 304 g/mol. The fraction of sp³-hybridized carbons (Fsp3) is 0.474. The number of carbonyl (C=O) groups excluding carboxylic acids is 2. The van der Waals surface area contributed by atoms with Crippen LogP contribution in [-0.4, -0.2) is 48.1 Å². The predicted octanol–water partition coefficient (Wildman–Crippen LogP) is 3.19. The molecule has 0 amide bonds. The number of rotatable bonds is 2. The molecule has 1 aliphatic carbocycles. The van der Waals surface area contributed by atoms with E-state index >= 15 is 0 Å². The molecule has 1 aromatic heterocycles. The van der Waals surface area contributed by atoms with Gasteiger partial charge in [0.05, 0.1) is 18.3 Å². The summed E-state index contributed by atoms with van der Waals surface area (Å²) in [4.78, 5) is 26.6. The lowest BCUT2D eigenvalue weighted by Crippen LogP contribution is -2.46. The zero-order chi connectivity index (χ0) is 16.8. The summed E-state index contributed by atoms with van der Waals surface area (Å²) >= 11 is 0. The van der Waals surface area contributed by atoms with Crippen LogP contribution in [0.5, 0.6) is 0 Å². The Hall–Kier alpha value is -2.14. The van der Waals surface area contributed by atoms with Crippen LogP contribution >= 0.6 is 0 Å². The van der Waals surface area contributed by atoms with Gasteiger partial charge in [0.1, 0.15) is 0 Å². The summed E-state index contributed by atoms with van der Waals surface area (Å²) in [6.07, 6.45) is 3.49. The van der Waals surface area contributed by atoms with E-state index in [-0.39, 0.29) is 0 Å². The van der Waals surface area contributed by atoms with E-state index in [9.17, 15) is 9.59 Å². The maximum Gasteiger partial charge on any atom is 0.418 e. The number of aromatic nitrogens is 1. The molecule has 126 valence electrons. The molecule has 0 bridgehead atoms. The van der Waals surface area contributed by atoms with Crippen LogP contribution in [0.1, 0.15) is 47.3 Å². The third-order valence-corrected chi connectivity index (χ3v) is 5.75. The lowest BCUT2D eigenvalue weighted by atomic mass is 9.74. The second-order valence-corrected chi connectivity index (χ2v) is 6.68. The second-order valence-electron chi connectivity index (χ2n) is 6.68. The number of piperidine rings is 1. The van der Waals surface area contributed by atoms with Gasteiger partial charge in [-0.3, -0.25) is 9.69 Å². The fourth-order valence-corrected chi connectivity index (χ4v) is 4.76. The smallest absolute Gasteiger partial charge is 0.418 e. The first kappa shape index (κ1) is 15.4. The number of likely N-dealkylation sites (tertiary alicyclic amines) is 1. The number of aldehydes is 1. The number of benzene rings is 1. The highest BCUT2D eigenvalue weighted by Gasteiger charge is 2.39. The first-order valence-electron chi connectivity index (χ1n) is 8.65. The van der Waals surface area contributed by atoms with E-state index in [0.29, 0.717) is 17.7 Å². The van der Waals surface area contributed by atoms with Crippen molar-refractivity contribution in [3.8, 4) is 0 Å². The number of hydrogen-bond donors (Lipinski definition) is 0. The van der Waals surface area contributed by atoms with Gasteiger partial charge in [0, 0.05) is 17.3 Å². The molecule has 5 heteroatoms. The summed E-state index contributed by atoms with van der Waals surface area (Å²) in [5.74, 6) is 0.475. The van der Waals surface area contributed by atoms with Gasteiger partial charge >= 0.3 is 6.09 Å². The summed E-state index contributed by atoms with van der Waals surface area (Å²) in [5, 5.41) is 1.09. The molecule has 24 heavy (non-hydrogen) atoms. The van der Waals surface area contributed by atoms with Crippen LogP contribution in [0.25, 0.3) is 10.9 Å². The summed E-state index contributed by atoms with van der Waals surface area (Å²) < 4.78 is 6.36. The third-order valence-electron chi connectivity index (χ3n) is 5.75. The molecule has 1 aliphatic heterocycles. The van der Waals surface area contributed by atoms with Crippen molar-refractivity contribution >= 4 is 23.3 Å². The highest BCUT2D eigenvalue weighted by Crippen LogP contribution is 2.45. The van der Waals surface area contributed by atoms with Crippen molar-refractivity contribution in [3.63, 3.8) is 0 Å². The van der Waals surface area contributed by atoms with E-state index in [1.807, 2.05) is 12.1 Å². The fourth-order valence-electron chi connectivity index (χ4n) is 4.76. The van der Waals surface area contributed by atoms with Gasteiger partial charge in [0.2, 0.25) is 0 Å². The maximum atomic E-state index is 12.3.